The van der Waals surface area contributed by atoms with Crippen molar-refractivity contribution in [2.24, 2.45) is 5.41 Å². The van der Waals surface area contributed by atoms with E-state index in [1.807, 2.05) is 65.0 Å². The fourth-order valence-corrected chi connectivity index (χ4v) is 3.99. The Kier molecular flexibility index (Phi) is 14.3. The average molecular weight is 576 g/mol. The largest absolute Gasteiger partial charge is 0.478 e. The molecule has 232 valence electrons. The van der Waals surface area contributed by atoms with Crippen LogP contribution in [-0.2, 0) is 24.5 Å². The monoisotopic (exact) mass is 575 g/mol. The van der Waals surface area contributed by atoms with E-state index in [4.69, 9.17) is 9.84 Å². The van der Waals surface area contributed by atoms with Gasteiger partial charge in [-0.3, -0.25) is 14.5 Å². The average Bonchev–Trinajstić information content (AvgIpc) is 2.84. The first-order valence-corrected chi connectivity index (χ1v) is 14.1. The zero-order chi connectivity index (χ0) is 32.3. The van der Waals surface area contributed by atoms with Gasteiger partial charge in [0.15, 0.2) is 0 Å². The molecular formula is C32H53N3O6. The van der Waals surface area contributed by atoms with Crippen molar-refractivity contribution < 1.29 is 29.0 Å². The molecule has 2 atom stereocenters. The number of amides is 3. The Balaban J connectivity index is 0.00000509. The van der Waals surface area contributed by atoms with Gasteiger partial charge in [0.25, 0.3) is 0 Å². The highest BCUT2D eigenvalue weighted by Crippen LogP contribution is 2.32. The molecule has 9 heteroatoms. The van der Waals surface area contributed by atoms with E-state index in [0.29, 0.717) is 0 Å². The highest BCUT2D eigenvalue weighted by atomic mass is 16.6. The lowest BCUT2D eigenvalue weighted by molar-refractivity contribution is -0.140. The molecule has 41 heavy (non-hydrogen) atoms. The lowest BCUT2D eigenvalue weighted by Crippen LogP contribution is -2.62. The molecule has 2 N–H and O–H groups in total. The molecule has 3 amide bonds. The molecule has 0 aliphatic carbocycles. The molecule has 0 spiro atoms. The third kappa shape index (κ3) is 12.0. The van der Waals surface area contributed by atoms with Crippen LogP contribution in [0.2, 0.25) is 0 Å². The van der Waals surface area contributed by atoms with Crippen LogP contribution in [0.1, 0.15) is 88.1 Å². The number of aliphatic carboxylic acids is 1. The van der Waals surface area contributed by atoms with Crippen LogP contribution < -0.4 is 5.32 Å². The van der Waals surface area contributed by atoms with Crippen molar-refractivity contribution >= 4 is 23.9 Å². The number of likely N-dealkylation sites (N-methyl/N-ethyl adjacent to an activating group) is 2. The van der Waals surface area contributed by atoms with Crippen molar-refractivity contribution in [3.63, 3.8) is 0 Å². The molecule has 0 fully saturated rings. The Morgan fingerprint density at radius 3 is 1.85 bits per heavy atom. The number of nitrogens with one attached hydrogen (secondary N) is 1. The molecule has 0 radical (unpaired) electrons. The third-order valence-electron chi connectivity index (χ3n) is 6.30. The van der Waals surface area contributed by atoms with Crippen molar-refractivity contribution in [2.75, 3.05) is 20.6 Å². The first kappa shape index (κ1) is 37.6. The number of ether oxygens (including phenoxy) is 1. The van der Waals surface area contributed by atoms with Gasteiger partial charge in [-0.1, -0.05) is 91.3 Å². The minimum absolute atomic E-state index is 0.0656. The number of nitrogens with zero attached hydrogens (tertiary/aromatic N) is 2. The van der Waals surface area contributed by atoms with Gasteiger partial charge in [0.05, 0.1) is 0 Å². The van der Waals surface area contributed by atoms with Crippen LogP contribution in [-0.4, -0.2) is 77.1 Å². The minimum atomic E-state index is -1.07. The number of carbonyl (C=O) groups is 4. The smallest absolute Gasteiger partial charge is 0.410 e. The maximum Gasteiger partial charge on any atom is 0.410 e. The van der Waals surface area contributed by atoms with E-state index in [2.05, 4.69) is 19.2 Å². The minimum Gasteiger partial charge on any atom is -0.478 e. The molecule has 0 bridgehead atoms. The lowest BCUT2D eigenvalue weighted by Gasteiger charge is -2.42. The van der Waals surface area contributed by atoms with Crippen LogP contribution >= 0.6 is 0 Å². The van der Waals surface area contributed by atoms with Gasteiger partial charge in [0.1, 0.15) is 17.7 Å². The molecule has 0 aliphatic heterocycles. The first-order chi connectivity index (χ1) is 18.6. The van der Waals surface area contributed by atoms with Crippen LogP contribution in [0.3, 0.4) is 0 Å². The first-order valence-electron chi connectivity index (χ1n) is 14.1. The van der Waals surface area contributed by atoms with E-state index < -0.39 is 46.5 Å². The van der Waals surface area contributed by atoms with E-state index in [1.165, 1.54) is 36.3 Å². The molecule has 1 aromatic rings. The van der Waals surface area contributed by atoms with Crippen molar-refractivity contribution in [3.05, 3.63) is 47.5 Å². The van der Waals surface area contributed by atoms with E-state index >= 15 is 0 Å². The summed E-state index contributed by atoms with van der Waals surface area (Å²) < 4.78 is 5.57. The summed E-state index contributed by atoms with van der Waals surface area (Å²) in [6.07, 6.45) is 2.03. The van der Waals surface area contributed by atoms with Gasteiger partial charge in [0.2, 0.25) is 11.8 Å². The van der Waals surface area contributed by atoms with Gasteiger partial charge in [0, 0.05) is 31.6 Å². The summed E-state index contributed by atoms with van der Waals surface area (Å²) in [6.45, 7) is 20.2. The molecule has 9 nitrogen and oxygen atoms in total. The third-order valence-corrected chi connectivity index (χ3v) is 6.30. The quantitative estimate of drug-likeness (QED) is 0.368. The van der Waals surface area contributed by atoms with Crippen LogP contribution in [0.25, 0.3) is 0 Å². The van der Waals surface area contributed by atoms with Gasteiger partial charge in [-0.2, -0.15) is 0 Å². The summed E-state index contributed by atoms with van der Waals surface area (Å²) in [6, 6.07) is 7.42. The standard InChI is InChI=1S/C29H45N3O6.C3H8/c1-19(25(35)36)17-18-31(10)24(34)21(27(2,3)4)30-23(33)22(32(11)26(37)38-28(5,6)7)29(8,9)20-15-13-12-14-16-20;1-3-2/h12-17,21-22H,18H2,1-11H3,(H,30,33)(H,35,36);3H2,1-2H3/b19-17+;. The Bertz CT molecular complexity index is 1050. The molecule has 2 unspecified atom stereocenters. The molecule has 0 saturated heterocycles. The normalized spacial score (nSPS) is 13.6. The van der Waals surface area contributed by atoms with Crippen molar-refractivity contribution in [2.45, 2.75) is 106 Å². The van der Waals surface area contributed by atoms with Gasteiger partial charge in [-0.25, -0.2) is 9.59 Å². The maximum atomic E-state index is 14.0. The number of hydrogen-bond donors (Lipinski definition) is 2. The molecule has 1 rings (SSSR count). The van der Waals surface area contributed by atoms with Crippen LogP contribution in [0.4, 0.5) is 4.79 Å². The second kappa shape index (κ2) is 15.6. The zero-order valence-corrected chi connectivity index (χ0v) is 27.4. The van der Waals surface area contributed by atoms with Gasteiger partial charge < -0.3 is 20.1 Å². The van der Waals surface area contributed by atoms with Crippen molar-refractivity contribution in [3.8, 4) is 0 Å². The van der Waals surface area contributed by atoms with E-state index in [1.54, 1.807) is 27.8 Å². The SMILES string of the molecule is C/C(=C\CN(C)C(=O)C(NC(=O)C(N(C)C(=O)OC(C)(C)C)C(C)(C)c1ccccc1)C(C)(C)C)C(=O)O.CCC. The number of carbonyl (C=O) groups excluding carboxylic acids is 3. The molecule has 0 saturated carbocycles. The van der Waals surface area contributed by atoms with E-state index in [0.717, 1.165) is 5.56 Å². The van der Waals surface area contributed by atoms with Crippen molar-refractivity contribution in [1.29, 1.82) is 0 Å². The van der Waals surface area contributed by atoms with Gasteiger partial charge in [-0.05, 0) is 38.7 Å². The van der Waals surface area contributed by atoms with Crippen molar-refractivity contribution in [1.82, 2.24) is 15.1 Å². The fraction of sp³-hybridized carbons (Fsp3) is 0.625. The predicted octanol–water partition coefficient (Wildman–Crippen LogP) is 5.64. The highest BCUT2D eigenvalue weighted by molar-refractivity contribution is 5.93. The Morgan fingerprint density at radius 1 is 0.951 bits per heavy atom. The fourth-order valence-electron chi connectivity index (χ4n) is 3.99. The number of carboxylic acids is 1. The maximum absolute atomic E-state index is 14.0. The second-order valence-electron chi connectivity index (χ2n) is 13.0. The molecule has 0 aliphatic rings. The van der Waals surface area contributed by atoms with Crippen LogP contribution in [0.15, 0.2) is 42.0 Å². The molecule has 1 aromatic carbocycles. The predicted molar refractivity (Wildman–Crippen MR) is 164 cm³/mol. The lowest BCUT2D eigenvalue weighted by atomic mass is 9.76. The summed E-state index contributed by atoms with van der Waals surface area (Å²) in [5.74, 6) is -1.95. The molecular weight excluding hydrogens is 522 g/mol. The number of hydrogen-bond acceptors (Lipinski definition) is 5. The van der Waals surface area contributed by atoms with Crippen LogP contribution in [0, 0.1) is 5.41 Å². The summed E-state index contributed by atoms with van der Waals surface area (Å²) in [5.41, 5.74) is -1.35. The Labute approximate surface area is 247 Å². The number of benzene rings is 1. The van der Waals surface area contributed by atoms with Gasteiger partial charge in [-0.15, -0.1) is 0 Å². The molecule has 0 aromatic heterocycles. The summed E-state index contributed by atoms with van der Waals surface area (Å²) >= 11 is 0. The topological polar surface area (TPSA) is 116 Å². The summed E-state index contributed by atoms with van der Waals surface area (Å²) in [5, 5.41) is 12.0. The zero-order valence-electron chi connectivity index (χ0n) is 27.4. The summed E-state index contributed by atoms with van der Waals surface area (Å²) in [7, 11) is 3.07. The highest BCUT2D eigenvalue weighted by Gasteiger charge is 2.45. The van der Waals surface area contributed by atoms with Gasteiger partial charge >= 0.3 is 12.1 Å². The van der Waals surface area contributed by atoms with E-state index in [-0.39, 0.29) is 18.0 Å². The van der Waals surface area contributed by atoms with E-state index in [9.17, 15) is 19.2 Å². The second-order valence-corrected chi connectivity index (χ2v) is 13.0. The Morgan fingerprint density at radius 2 is 1.44 bits per heavy atom. The Hall–Kier alpha value is -3.36. The number of carboxylic acid groups (broad SMARTS) is 1. The summed E-state index contributed by atoms with van der Waals surface area (Å²) in [4.78, 5) is 54.4. The van der Waals surface area contributed by atoms with Crippen LogP contribution in [0.5, 0.6) is 0 Å². The molecule has 0 heterocycles. The number of rotatable bonds is 9.